The number of hydrogen-bond acceptors (Lipinski definition) is 6. The Bertz CT molecular complexity index is 1480. The number of carbonyl (C=O) groups excluding carboxylic acids is 1. The maximum atomic E-state index is 12.4. The molecule has 0 unspecified atom stereocenters. The zero-order valence-electron chi connectivity index (χ0n) is 22.1. The lowest BCUT2D eigenvalue weighted by Gasteiger charge is -2.24. The van der Waals surface area contributed by atoms with Crippen molar-refractivity contribution in [3.8, 4) is 17.3 Å². The van der Waals surface area contributed by atoms with Crippen molar-refractivity contribution in [2.24, 2.45) is 0 Å². The minimum atomic E-state index is -0.953. The second-order valence-electron chi connectivity index (χ2n) is 10.2. The molecule has 1 aromatic heterocycles. The fourth-order valence-corrected chi connectivity index (χ4v) is 4.83. The molecule has 7 nitrogen and oxygen atoms in total. The number of aliphatic carboxylic acids is 1. The summed E-state index contributed by atoms with van der Waals surface area (Å²) in [6.07, 6.45) is -0.120. The molecule has 4 rings (SSSR count). The lowest BCUT2D eigenvalue weighted by Crippen LogP contribution is -2.26. The third-order valence-electron chi connectivity index (χ3n) is 6.26. The first-order chi connectivity index (χ1) is 18.6. The standard InChI is InChI=1S/C31H30N4O3S/c1-31(2,3)25-12-14-26(15-13-25)35(30-34-27(20-39-30)23-8-4-21(18-32)5-9-23)19-22-6-10-24(11-7-22)29(38)33-17-16-28(36)37/h4-15,20H,16-17,19H2,1-3H3,(H,33,38)(H,36,37). The van der Waals surface area contributed by atoms with Gasteiger partial charge in [0.05, 0.1) is 30.3 Å². The quantitative estimate of drug-likeness (QED) is 0.251. The van der Waals surface area contributed by atoms with Crippen molar-refractivity contribution in [2.75, 3.05) is 11.4 Å². The largest absolute Gasteiger partial charge is 0.481 e. The van der Waals surface area contributed by atoms with Crippen molar-refractivity contribution in [3.63, 3.8) is 0 Å². The van der Waals surface area contributed by atoms with Crippen molar-refractivity contribution in [2.45, 2.75) is 39.2 Å². The average molecular weight is 539 g/mol. The summed E-state index contributed by atoms with van der Waals surface area (Å²) in [5.41, 5.74) is 6.13. The van der Waals surface area contributed by atoms with Gasteiger partial charge in [0, 0.05) is 28.7 Å². The second kappa shape index (κ2) is 11.9. The van der Waals surface area contributed by atoms with Crippen LogP contribution in [-0.4, -0.2) is 28.5 Å². The van der Waals surface area contributed by atoms with E-state index in [0.717, 1.165) is 27.6 Å². The first-order valence-corrected chi connectivity index (χ1v) is 13.4. The first-order valence-electron chi connectivity index (χ1n) is 12.6. The monoisotopic (exact) mass is 538 g/mol. The van der Waals surface area contributed by atoms with Crippen LogP contribution in [0.1, 0.15) is 54.2 Å². The molecule has 0 bridgehead atoms. The first kappa shape index (κ1) is 27.6. The Balaban J connectivity index is 1.60. The van der Waals surface area contributed by atoms with Gasteiger partial charge in [0.25, 0.3) is 5.91 Å². The summed E-state index contributed by atoms with van der Waals surface area (Å²) in [6, 6.07) is 25.3. The molecule has 0 aliphatic carbocycles. The fraction of sp³-hybridized carbons (Fsp3) is 0.226. The van der Waals surface area contributed by atoms with Crippen LogP contribution in [0.4, 0.5) is 10.8 Å². The number of nitrogens with one attached hydrogen (secondary N) is 1. The topological polar surface area (TPSA) is 106 Å². The van der Waals surface area contributed by atoms with E-state index in [0.29, 0.717) is 17.7 Å². The van der Waals surface area contributed by atoms with E-state index in [9.17, 15) is 9.59 Å². The molecule has 0 spiro atoms. The minimum absolute atomic E-state index is 0.0359. The summed E-state index contributed by atoms with van der Waals surface area (Å²) in [5.74, 6) is -1.25. The van der Waals surface area contributed by atoms with Crippen molar-refractivity contribution in [1.29, 1.82) is 5.26 Å². The minimum Gasteiger partial charge on any atom is -0.481 e. The second-order valence-corrected chi connectivity index (χ2v) is 11.0. The van der Waals surface area contributed by atoms with Gasteiger partial charge in [-0.1, -0.05) is 57.2 Å². The van der Waals surface area contributed by atoms with Gasteiger partial charge in [0.15, 0.2) is 5.13 Å². The highest BCUT2D eigenvalue weighted by molar-refractivity contribution is 7.14. The van der Waals surface area contributed by atoms with E-state index < -0.39 is 5.97 Å². The van der Waals surface area contributed by atoms with E-state index in [1.165, 1.54) is 5.56 Å². The van der Waals surface area contributed by atoms with Gasteiger partial charge in [-0.2, -0.15) is 5.26 Å². The van der Waals surface area contributed by atoms with Gasteiger partial charge in [-0.15, -0.1) is 11.3 Å². The number of carboxylic acid groups (broad SMARTS) is 1. The molecule has 0 aliphatic rings. The zero-order valence-corrected chi connectivity index (χ0v) is 23.0. The molecule has 0 fully saturated rings. The molecule has 39 heavy (non-hydrogen) atoms. The molecule has 0 atom stereocenters. The van der Waals surface area contributed by atoms with Crippen LogP contribution in [0.5, 0.6) is 0 Å². The number of hydrogen-bond donors (Lipinski definition) is 2. The van der Waals surface area contributed by atoms with Crippen LogP contribution in [0.2, 0.25) is 0 Å². The van der Waals surface area contributed by atoms with E-state index in [1.807, 2.05) is 29.6 Å². The van der Waals surface area contributed by atoms with Gasteiger partial charge in [0.2, 0.25) is 0 Å². The van der Waals surface area contributed by atoms with Crippen LogP contribution >= 0.6 is 11.3 Å². The third kappa shape index (κ3) is 7.09. The average Bonchev–Trinajstić information content (AvgIpc) is 3.41. The van der Waals surface area contributed by atoms with E-state index in [4.69, 9.17) is 15.4 Å². The molecular formula is C31H30N4O3S. The predicted octanol–water partition coefficient (Wildman–Crippen LogP) is 6.52. The number of amides is 1. The Morgan fingerprint density at radius 2 is 1.67 bits per heavy atom. The molecule has 0 saturated heterocycles. The molecule has 1 amide bonds. The number of benzene rings is 3. The summed E-state index contributed by atoms with van der Waals surface area (Å²) in [5, 5.41) is 23.3. The molecule has 3 aromatic carbocycles. The van der Waals surface area contributed by atoms with E-state index >= 15 is 0 Å². The van der Waals surface area contributed by atoms with Gasteiger partial charge in [-0.05, 0) is 52.9 Å². The predicted molar refractivity (Wildman–Crippen MR) is 154 cm³/mol. The SMILES string of the molecule is CC(C)(C)c1ccc(N(Cc2ccc(C(=O)NCCC(=O)O)cc2)c2nc(-c3ccc(C#N)cc3)cs2)cc1. The van der Waals surface area contributed by atoms with Crippen LogP contribution in [0.15, 0.2) is 78.2 Å². The van der Waals surface area contributed by atoms with Crippen molar-refractivity contribution >= 4 is 34.0 Å². The Labute approximate surface area is 232 Å². The highest BCUT2D eigenvalue weighted by Crippen LogP contribution is 2.35. The van der Waals surface area contributed by atoms with Gasteiger partial charge in [-0.3, -0.25) is 9.59 Å². The summed E-state index contributed by atoms with van der Waals surface area (Å²) >= 11 is 1.54. The number of aromatic nitrogens is 1. The van der Waals surface area contributed by atoms with Crippen molar-refractivity contribution in [3.05, 3.63) is 100 Å². The van der Waals surface area contributed by atoms with Crippen LogP contribution < -0.4 is 10.2 Å². The Morgan fingerprint density at radius 1 is 1.00 bits per heavy atom. The molecule has 0 saturated carbocycles. The van der Waals surface area contributed by atoms with Crippen molar-refractivity contribution in [1.82, 2.24) is 10.3 Å². The lowest BCUT2D eigenvalue weighted by molar-refractivity contribution is -0.136. The molecule has 8 heteroatoms. The van der Waals surface area contributed by atoms with Crippen molar-refractivity contribution < 1.29 is 14.7 Å². The van der Waals surface area contributed by atoms with E-state index in [-0.39, 0.29) is 24.3 Å². The number of carboxylic acids is 1. The smallest absolute Gasteiger partial charge is 0.305 e. The number of nitrogens with zero attached hydrogens (tertiary/aromatic N) is 3. The molecule has 0 aliphatic heterocycles. The van der Waals surface area contributed by atoms with Gasteiger partial charge >= 0.3 is 5.97 Å². The number of nitriles is 1. The fourth-order valence-electron chi connectivity index (χ4n) is 3.98. The molecule has 1 heterocycles. The Kier molecular flexibility index (Phi) is 8.43. The Morgan fingerprint density at radius 3 is 2.26 bits per heavy atom. The van der Waals surface area contributed by atoms with E-state index in [2.05, 4.69) is 61.3 Å². The number of carbonyl (C=O) groups is 2. The summed E-state index contributed by atoms with van der Waals surface area (Å²) in [4.78, 5) is 30.1. The maximum Gasteiger partial charge on any atom is 0.305 e. The highest BCUT2D eigenvalue weighted by Gasteiger charge is 2.18. The number of thiazole rings is 1. The lowest BCUT2D eigenvalue weighted by atomic mass is 9.87. The van der Waals surface area contributed by atoms with Gasteiger partial charge in [0.1, 0.15) is 0 Å². The summed E-state index contributed by atoms with van der Waals surface area (Å²) in [6.45, 7) is 7.17. The molecule has 0 radical (unpaired) electrons. The zero-order chi connectivity index (χ0) is 28.0. The van der Waals surface area contributed by atoms with Crippen LogP contribution in [0, 0.1) is 11.3 Å². The molecular weight excluding hydrogens is 508 g/mol. The molecule has 2 N–H and O–H groups in total. The van der Waals surface area contributed by atoms with Gasteiger partial charge in [-0.25, -0.2) is 4.98 Å². The normalized spacial score (nSPS) is 11.0. The molecule has 198 valence electrons. The van der Waals surface area contributed by atoms with Crippen LogP contribution in [0.3, 0.4) is 0 Å². The number of anilines is 2. The number of rotatable bonds is 9. The van der Waals surface area contributed by atoms with E-state index in [1.54, 1.807) is 35.6 Å². The summed E-state index contributed by atoms with van der Waals surface area (Å²) in [7, 11) is 0. The van der Waals surface area contributed by atoms with Crippen LogP contribution in [-0.2, 0) is 16.8 Å². The van der Waals surface area contributed by atoms with Crippen LogP contribution in [0.25, 0.3) is 11.3 Å². The third-order valence-corrected chi connectivity index (χ3v) is 7.12. The summed E-state index contributed by atoms with van der Waals surface area (Å²) < 4.78 is 0. The molecule has 4 aromatic rings. The Hall–Kier alpha value is -4.48. The maximum absolute atomic E-state index is 12.4. The van der Waals surface area contributed by atoms with Gasteiger partial charge < -0.3 is 15.3 Å². The highest BCUT2D eigenvalue weighted by atomic mass is 32.1.